The van der Waals surface area contributed by atoms with Crippen molar-refractivity contribution in [1.29, 1.82) is 0 Å². The first-order chi connectivity index (χ1) is 7.88. The Hall–Kier alpha value is -1.41. The normalized spacial score (nSPS) is 11.4. The summed E-state index contributed by atoms with van der Waals surface area (Å²) in [6, 6.07) is 1.78. The summed E-state index contributed by atoms with van der Waals surface area (Å²) in [4.78, 5) is 13.1. The van der Waals surface area contributed by atoms with Crippen LogP contribution in [0.3, 0.4) is 0 Å². The minimum atomic E-state index is -3.23. The maximum absolute atomic E-state index is 11.6. The number of sulfonamides is 1. The van der Waals surface area contributed by atoms with E-state index in [0.29, 0.717) is 6.54 Å². The van der Waals surface area contributed by atoms with Crippen LogP contribution in [0.4, 0.5) is 0 Å². The lowest BCUT2D eigenvalue weighted by Crippen LogP contribution is -2.31. The number of carbonyl (C=O) groups excluding carboxylic acids is 1. The van der Waals surface area contributed by atoms with Gasteiger partial charge < -0.3 is 4.90 Å². The van der Waals surface area contributed by atoms with Gasteiger partial charge in [-0.3, -0.25) is 9.89 Å². The van der Waals surface area contributed by atoms with Crippen LogP contribution in [-0.2, 0) is 21.4 Å². The van der Waals surface area contributed by atoms with Crippen LogP contribution < -0.4 is 4.72 Å². The molecule has 0 spiro atoms. The molecular weight excluding hydrogens is 244 g/mol. The molecule has 17 heavy (non-hydrogen) atoms. The predicted octanol–water partition coefficient (Wildman–Crippen LogP) is -0.693. The van der Waals surface area contributed by atoms with Gasteiger partial charge in [0.15, 0.2) is 0 Å². The Morgan fingerprint density at radius 1 is 1.59 bits per heavy atom. The van der Waals surface area contributed by atoms with Gasteiger partial charge in [0.25, 0.3) is 0 Å². The molecule has 0 aliphatic rings. The van der Waals surface area contributed by atoms with Gasteiger partial charge in [-0.2, -0.15) is 5.10 Å². The minimum absolute atomic E-state index is 0.116. The number of H-pyrrole nitrogens is 1. The number of aromatic nitrogens is 2. The van der Waals surface area contributed by atoms with Crippen molar-refractivity contribution in [2.45, 2.75) is 13.0 Å². The SMILES string of the molecule is CN(Cc1ccn[nH]1)C(=O)CCNS(C)(=O)=O. The molecule has 0 bridgehead atoms. The van der Waals surface area contributed by atoms with Gasteiger partial charge >= 0.3 is 0 Å². The molecule has 0 unspecified atom stereocenters. The summed E-state index contributed by atoms with van der Waals surface area (Å²) < 4.78 is 23.9. The van der Waals surface area contributed by atoms with E-state index in [-0.39, 0.29) is 18.9 Å². The van der Waals surface area contributed by atoms with E-state index in [2.05, 4.69) is 14.9 Å². The number of hydrogen-bond donors (Lipinski definition) is 2. The van der Waals surface area contributed by atoms with E-state index < -0.39 is 10.0 Å². The summed E-state index contributed by atoms with van der Waals surface area (Å²) in [5.74, 6) is -0.129. The van der Waals surface area contributed by atoms with Gasteiger partial charge in [0, 0.05) is 26.2 Å². The van der Waals surface area contributed by atoms with Crippen molar-refractivity contribution in [3.8, 4) is 0 Å². The highest BCUT2D eigenvalue weighted by molar-refractivity contribution is 7.88. The molecule has 1 amide bonds. The lowest BCUT2D eigenvalue weighted by atomic mass is 10.3. The number of hydrogen-bond acceptors (Lipinski definition) is 4. The predicted molar refractivity (Wildman–Crippen MR) is 62.5 cm³/mol. The zero-order chi connectivity index (χ0) is 12.9. The van der Waals surface area contributed by atoms with E-state index in [0.717, 1.165) is 11.9 Å². The zero-order valence-corrected chi connectivity index (χ0v) is 10.6. The smallest absolute Gasteiger partial charge is 0.223 e. The van der Waals surface area contributed by atoms with Crippen molar-refractivity contribution in [2.75, 3.05) is 19.8 Å². The fourth-order valence-electron chi connectivity index (χ4n) is 1.25. The van der Waals surface area contributed by atoms with Gasteiger partial charge in [-0.1, -0.05) is 0 Å². The van der Waals surface area contributed by atoms with E-state index in [1.165, 1.54) is 4.90 Å². The Labute approximate surface area is 100 Å². The zero-order valence-electron chi connectivity index (χ0n) is 9.80. The molecule has 0 aromatic carbocycles. The second-order valence-electron chi connectivity index (χ2n) is 3.75. The number of nitrogens with zero attached hydrogens (tertiary/aromatic N) is 2. The molecule has 0 saturated carbocycles. The molecule has 1 heterocycles. The van der Waals surface area contributed by atoms with Gasteiger partial charge in [-0.15, -0.1) is 0 Å². The second-order valence-corrected chi connectivity index (χ2v) is 5.58. The standard InChI is InChI=1S/C9H16N4O3S/c1-13(7-8-3-5-10-12-8)9(14)4-6-11-17(2,15)16/h3,5,11H,4,6-7H2,1-2H3,(H,10,12). The average Bonchev–Trinajstić information content (AvgIpc) is 2.68. The number of aromatic amines is 1. The van der Waals surface area contributed by atoms with Gasteiger partial charge in [0.1, 0.15) is 0 Å². The first-order valence-corrected chi connectivity index (χ1v) is 6.94. The summed E-state index contributed by atoms with van der Waals surface area (Å²) in [7, 11) is -1.58. The van der Waals surface area contributed by atoms with E-state index in [4.69, 9.17) is 0 Å². The third kappa shape index (κ3) is 5.45. The first kappa shape index (κ1) is 13.7. The highest BCUT2D eigenvalue weighted by atomic mass is 32.2. The van der Waals surface area contributed by atoms with Crippen LogP contribution in [0.1, 0.15) is 12.1 Å². The molecule has 0 aliphatic heterocycles. The van der Waals surface area contributed by atoms with Gasteiger partial charge in [0.05, 0.1) is 18.5 Å². The van der Waals surface area contributed by atoms with Crippen LogP contribution >= 0.6 is 0 Å². The molecule has 0 radical (unpaired) electrons. The molecule has 1 rings (SSSR count). The Kier molecular flexibility index (Phi) is 4.64. The van der Waals surface area contributed by atoms with Crippen LogP contribution in [0.25, 0.3) is 0 Å². The molecule has 96 valence electrons. The topological polar surface area (TPSA) is 95.2 Å². The minimum Gasteiger partial charge on any atom is -0.340 e. The number of nitrogens with one attached hydrogen (secondary N) is 2. The van der Waals surface area contributed by atoms with Crippen LogP contribution in [0, 0.1) is 0 Å². The highest BCUT2D eigenvalue weighted by Gasteiger charge is 2.10. The summed E-state index contributed by atoms with van der Waals surface area (Å²) >= 11 is 0. The van der Waals surface area contributed by atoms with Crippen molar-refractivity contribution in [3.05, 3.63) is 18.0 Å². The maximum atomic E-state index is 11.6. The quantitative estimate of drug-likeness (QED) is 0.707. The van der Waals surface area contributed by atoms with Crippen molar-refractivity contribution in [3.63, 3.8) is 0 Å². The summed E-state index contributed by atoms with van der Waals surface area (Å²) in [5, 5.41) is 6.52. The van der Waals surface area contributed by atoms with Crippen LogP contribution in [-0.4, -0.2) is 49.3 Å². The fraction of sp³-hybridized carbons (Fsp3) is 0.556. The Morgan fingerprint density at radius 2 is 2.29 bits per heavy atom. The third-order valence-electron chi connectivity index (χ3n) is 2.09. The molecule has 0 atom stereocenters. The molecule has 0 saturated heterocycles. The van der Waals surface area contributed by atoms with Gasteiger partial charge in [0.2, 0.25) is 15.9 Å². The number of rotatable bonds is 6. The van der Waals surface area contributed by atoms with Gasteiger partial charge in [-0.05, 0) is 6.07 Å². The molecule has 1 aromatic rings. The molecular formula is C9H16N4O3S. The molecule has 0 aliphatic carbocycles. The molecule has 1 aromatic heterocycles. The summed E-state index contributed by atoms with van der Waals surface area (Å²) in [6.07, 6.45) is 2.81. The van der Waals surface area contributed by atoms with Gasteiger partial charge in [-0.25, -0.2) is 13.1 Å². The largest absolute Gasteiger partial charge is 0.340 e. The lowest BCUT2D eigenvalue weighted by molar-refractivity contribution is -0.130. The van der Waals surface area contributed by atoms with Crippen LogP contribution in [0.2, 0.25) is 0 Å². The summed E-state index contributed by atoms with van der Waals surface area (Å²) in [5.41, 5.74) is 0.830. The Bertz CT molecular complexity index is 455. The molecule has 7 nitrogen and oxygen atoms in total. The van der Waals surface area contributed by atoms with Crippen LogP contribution in [0.15, 0.2) is 12.3 Å². The van der Waals surface area contributed by atoms with E-state index >= 15 is 0 Å². The summed E-state index contributed by atoms with van der Waals surface area (Å²) in [6.45, 7) is 0.544. The van der Waals surface area contributed by atoms with E-state index in [1.54, 1.807) is 19.3 Å². The second kappa shape index (κ2) is 5.78. The van der Waals surface area contributed by atoms with Crippen molar-refractivity contribution in [2.24, 2.45) is 0 Å². The van der Waals surface area contributed by atoms with E-state index in [1.807, 2.05) is 0 Å². The number of carbonyl (C=O) groups is 1. The third-order valence-corrected chi connectivity index (χ3v) is 2.82. The monoisotopic (exact) mass is 260 g/mol. The number of amides is 1. The first-order valence-electron chi connectivity index (χ1n) is 5.05. The van der Waals surface area contributed by atoms with Crippen molar-refractivity contribution < 1.29 is 13.2 Å². The Morgan fingerprint density at radius 3 is 2.82 bits per heavy atom. The van der Waals surface area contributed by atoms with Crippen LogP contribution in [0.5, 0.6) is 0 Å². The molecule has 8 heteroatoms. The maximum Gasteiger partial charge on any atom is 0.223 e. The fourth-order valence-corrected chi connectivity index (χ4v) is 1.72. The molecule has 2 N–H and O–H groups in total. The molecule has 0 fully saturated rings. The average molecular weight is 260 g/mol. The Balaban J connectivity index is 2.32. The van der Waals surface area contributed by atoms with E-state index in [9.17, 15) is 13.2 Å². The highest BCUT2D eigenvalue weighted by Crippen LogP contribution is 1.99. The van der Waals surface area contributed by atoms with Crippen molar-refractivity contribution in [1.82, 2.24) is 19.8 Å². The lowest BCUT2D eigenvalue weighted by Gasteiger charge is -2.15. The van der Waals surface area contributed by atoms with Crippen molar-refractivity contribution >= 4 is 15.9 Å².